The Bertz CT molecular complexity index is 494. The van der Waals surface area contributed by atoms with Gasteiger partial charge in [0.25, 0.3) is 0 Å². The van der Waals surface area contributed by atoms with E-state index in [-0.39, 0.29) is 12.2 Å². The van der Waals surface area contributed by atoms with Gasteiger partial charge in [0.1, 0.15) is 5.60 Å². The fraction of sp³-hybridized carbons (Fsp3) is 0.375. The maximum Gasteiger partial charge on any atom is 0.310 e. The van der Waals surface area contributed by atoms with Crippen LogP contribution in [0, 0.1) is 18.3 Å². The summed E-state index contributed by atoms with van der Waals surface area (Å²) in [5.74, 6) is 0.657. The molecule has 1 rings (SSSR count). The fourth-order valence-corrected chi connectivity index (χ4v) is 1.67. The highest BCUT2D eigenvalue weighted by Gasteiger charge is 2.28. The summed E-state index contributed by atoms with van der Waals surface area (Å²) in [4.78, 5) is 23.1. The van der Waals surface area contributed by atoms with Gasteiger partial charge in [-0.25, -0.2) is 0 Å². The van der Waals surface area contributed by atoms with E-state index in [1.54, 1.807) is 6.92 Å². The van der Waals surface area contributed by atoms with E-state index in [0.717, 1.165) is 5.56 Å². The number of ketones is 1. The van der Waals surface area contributed by atoms with Gasteiger partial charge in [-0.3, -0.25) is 9.59 Å². The third-order valence-corrected chi connectivity index (χ3v) is 2.88. The molecular formula is C16H18O3. The molecule has 3 heteroatoms. The molecule has 0 aliphatic heterocycles. The normalized spacial score (nSPS) is 12.3. The van der Waals surface area contributed by atoms with Crippen molar-refractivity contribution in [2.75, 3.05) is 0 Å². The molecule has 1 unspecified atom stereocenters. The summed E-state index contributed by atoms with van der Waals surface area (Å²) in [6.07, 6.45) is 5.00. The fourth-order valence-electron chi connectivity index (χ4n) is 1.67. The number of ether oxygens (including phenoxy) is 1. The van der Waals surface area contributed by atoms with Gasteiger partial charge in [-0.15, -0.1) is 6.42 Å². The van der Waals surface area contributed by atoms with E-state index in [2.05, 4.69) is 0 Å². The van der Waals surface area contributed by atoms with E-state index < -0.39 is 17.5 Å². The molecule has 100 valence electrons. The summed E-state index contributed by atoms with van der Waals surface area (Å²) in [7, 11) is 0. The minimum atomic E-state index is -0.730. The molecule has 0 spiro atoms. The smallest absolute Gasteiger partial charge is 0.310 e. The van der Waals surface area contributed by atoms with Crippen molar-refractivity contribution in [3.05, 3.63) is 35.9 Å². The first kappa shape index (κ1) is 15.0. The van der Waals surface area contributed by atoms with Gasteiger partial charge in [-0.1, -0.05) is 37.3 Å². The molecule has 0 amide bonds. The minimum absolute atomic E-state index is 0.0141. The molecule has 19 heavy (non-hydrogen) atoms. The molecule has 0 saturated heterocycles. The van der Waals surface area contributed by atoms with Crippen LogP contribution in [0.4, 0.5) is 0 Å². The third-order valence-electron chi connectivity index (χ3n) is 2.88. The van der Waals surface area contributed by atoms with Crippen LogP contribution in [0.1, 0.15) is 32.8 Å². The Hall–Kier alpha value is -2.08. The van der Waals surface area contributed by atoms with Crippen LogP contribution in [0.25, 0.3) is 0 Å². The minimum Gasteiger partial charge on any atom is -0.455 e. The van der Waals surface area contributed by atoms with Gasteiger partial charge in [-0.2, -0.15) is 0 Å². The maximum absolute atomic E-state index is 11.9. The number of carbonyl (C=O) groups excluding carboxylic acids is 2. The van der Waals surface area contributed by atoms with Crippen LogP contribution in [-0.4, -0.2) is 11.8 Å². The van der Waals surface area contributed by atoms with E-state index >= 15 is 0 Å². The molecule has 0 aromatic heterocycles. The van der Waals surface area contributed by atoms with Crippen LogP contribution in [0.15, 0.2) is 30.3 Å². The number of terminal acetylenes is 1. The van der Waals surface area contributed by atoms with Crippen LogP contribution >= 0.6 is 0 Å². The van der Waals surface area contributed by atoms with Gasteiger partial charge < -0.3 is 4.74 Å². The monoisotopic (exact) mass is 258 g/mol. The number of carbonyl (C=O) groups is 2. The van der Waals surface area contributed by atoms with E-state index in [4.69, 9.17) is 11.2 Å². The molecule has 1 aromatic carbocycles. The van der Waals surface area contributed by atoms with Crippen LogP contribution < -0.4 is 0 Å². The highest BCUT2D eigenvalue weighted by Crippen LogP contribution is 2.26. The van der Waals surface area contributed by atoms with Crippen molar-refractivity contribution < 1.29 is 14.3 Å². The molecule has 0 aliphatic carbocycles. The molecule has 3 nitrogen and oxygen atoms in total. The Kier molecular flexibility index (Phi) is 4.88. The van der Waals surface area contributed by atoms with E-state index in [9.17, 15) is 9.59 Å². The van der Waals surface area contributed by atoms with Crippen LogP contribution in [0.5, 0.6) is 0 Å². The summed E-state index contributed by atoms with van der Waals surface area (Å²) < 4.78 is 5.47. The molecule has 0 N–H and O–H groups in total. The zero-order valence-electron chi connectivity index (χ0n) is 11.5. The highest BCUT2D eigenvalue weighted by molar-refractivity contribution is 5.97. The average Bonchev–Trinajstić information content (AvgIpc) is 2.39. The number of Topliss-reactive ketones (excluding diaryl/α,β-unsaturated/α-hetero) is 1. The molecular weight excluding hydrogens is 240 g/mol. The van der Waals surface area contributed by atoms with Crippen molar-refractivity contribution >= 4 is 11.8 Å². The van der Waals surface area contributed by atoms with E-state index in [1.807, 2.05) is 50.1 Å². The van der Waals surface area contributed by atoms with E-state index in [1.165, 1.54) is 0 Å². The molecule has 0 fully saturated rings. The first-order chi connectivity index (χ1) is 8.86. The van der Waals surface area contributed by atoms with Gasteiger partial charge in [0, 0.05) is 6.42 Å². The zero-order valence-corrected chi connectivity index (χ0v) is 11.5. The van der Waals surface area contributed by atoms with Gasteiger partial charge in [0.2, 0.25) is 5.78 Å². The van der Waals surface area contributed by atoms with Crippen molar-refractivity contribution in [2.24, 2.45) is 5.92 Å². The van der Waals surface area contributed by atoms with Crippen molar-refractivity contribution in [2.45, 2.75) is 32.8 Å². The molecule has 0 heterocycles. The van der Waals surface area contributed by atoms with Crippen molar-refractivity contribution in [1.82, 2.24) is 0 Å². The van der Waals surface area contributed by atoms with Crippen LogP contribution in [0.2, 0.25) is 0 Å². The average molecular weight is 258 g/mol. The summed E-state index contributed by atoms with van der Waals surface area (Å²) >= 11 is 0. The van der Waals surface area contributed by atoms with Crippen LogP contribution in [-0.2, 0) is 19.9 Å². The lowest BCUT2D eigenvalue weighted by atomic mass is 9.97. The lowest BCUT2D eigenvalue weighted by molar-refractivity contribution is -0.162. The summed E-state index contributed by atoms with van der Waals surface area (Å²) in [6.45, 7) is 5.27. The second-order valence-electron chi connectivity index (χ2n) is 4.97. The largest absolute Gasteiger partial charge is 0.455 e. The van der Waals surface area contributed by atoms with Crippen molar-refractivity contribution in [3.63, 3.8) is 0 Å². The number of benzene rings is 1. The predicted octanol–water partition coefficient (Wildman–Crippen LogP) is 2.69. The molecule has 1 aromatic rings. The number of hydrogen-bond acceptors (Lipinski definition) is 3. The second kappa shape index (κ2) is 6.19. The van der Waals surface area contributed by atoms with Gasteiger partial charge in [0.05, 0.1) is 5.92 Å². The highest BCUT2D eigenvalue weighted by atomic mass is 16.6. The Labute approximate surface area is 114 Å². The third kappa shape index (κ3) is 4.26. The molecule has 0 saturated carbocycles. The molecule has 0 bridgehead atoms. The summed E-state index contributed by atoms with van der Waals surface area (Å²) in [5.41, 5.74) is 0.171. The Morgan fingerprint density at radius 2 is 1.89 bits per heavy atom. The summed E-state index contributed by atoms with van der Waals surface area (Å²) in [5, 5.41) is 0. The topological polar surface area (TPSA) is 43.4 Å². The van der Waals surface area contributed by atoms with Gasteiger partial charge in [-0.05, 0) is 25.3 Å². The lowest BCUT2D eigenvalue weighted by Gasteiger charge is -2.27. The first-order valence-electron chi connectivity index (χ1n) is 6.14. The SMILES string of the molecule is C#CC(=O)CC(C)C(=O)OC(C)(C)c1ccccc1. The molecule has 1 atom stereocenters. The Balaban J connectivity index is 2.71. The molecule has 0 aliphatic rings. The zero-order chi connectivity index (χ0) is 14.5. The van der Waals surface area contributed by atoms with Crippen LogP contribution in [0.3, 0.4) is 0 Å². The van der Waals surface area contributed by atoms with Gasteiger partial charge >= 0.3 is 5.97 Å². The van der Waals surface area contributed by atoms with Crippen molar-refractivity contribution in [1.29, 1.82) is 0 Å². The quantitative estimate of drug-likeness (QED) is 0.463. The molecule has 0 radical (unpaired) electrons. The Morgan fingerprint density at radius 1 is 1.32 bits per heavy atom. The second-order valence-corrected chi connectivity index (χ2v) is 4.97. The maximum atomic E-state index is 11.9. The standard InChI is InChI=1S/C16H18O3/c1-5-14(17)11-12(2)15(18)19-16(3,4)13-9-7-6-8-10-13/h1,6-10,12H,11H2,2-4H3. The Morgan fingerprint density at radius 3 is 2.42 bits per heavy atom. The summed E-state index contributed by atoms with van der Waals surface area (Å²) in [6, 6.07) is 9.46. The van der Waals surface area contributed by atoms with Gasteiger partial charge in [0.15, 0.2) is 0 Å². The predicted molar refractivity (Wildman–Crippen MR) is 73.2 cm³/mol. The van der Waals surface area contributed by atoms with E-state index in [0.29, 0.717) is 0 Å². The lowest BCUT2D eigenvalue weighted by Crippen LogP contribution is -2.29. The first-order valence-corrected chi connectivity index (χ1v) is 6.14. The number of hydrogen-bond donors (Lipinski definition) is 0. The number of rotatable bonds is 5. The number of esters is 1. The van der Waals surface area contributed by atoms with Crippen molar-refractivity contribution in [3.8, 4) is 12.3 Å².